The second-order valence-corrected chi connectivity index (χ2v) is 4.68. The smallest absolute Gasteiger partial charge is 0.197 e. The van der Waals surface area contributed by atoms with Crippen LogP contribution in [0.25, 0.3) is 0 Å². The maximum Gasteiger partial charge on any atom is 0.197 e. The minimum absolute atomic E-state index is 0.259. The van der Waals surface area contributed by atoms with E-state index in [1.54, 1.807) is 12.1 Å². The van der Waals surface area contributed by atoms with E-state index in [-0.39, 0.29) is 11.6 Å². The average molecular weight is 268 g/mol. The van der Waals surface area contributed by atoms with Crippen LogP contribution in [0.3, 0.4) is 0 Å². The number of ether oxygens (including phenoxy) is 2. The van der Waals surface area contributed by atoms with Gasteiger partial charge >= 0.3 is 0 Å². The van der Waals surface area contributed by atoms with E-state index in [1.807, 2.05) is 0 Å². The van der Waals surface area contributed by atoms with Crippen LogP contribution >= 0.6 is 0 Å². The van der Waals surface area contributed by atoms with E-state index in [4.69, 9.17) is 9.47 Å². The highest BCUT2D eigenvalue weighted by atomic mass is 19.1. The summed E-state index contributed by atoms with van der Waals surface area (Å²) in [4.78, 5) is 0. The largest absolute Gasteiger partial charge is 0.490 e. The number of benzene rings is 1. The summed E-state index contributed by atoms with van der Waals surface area (Å²) in [5.41, 5.74) is 0. The number of para-hydroxylation sites is 1. The van der Waals surface area contributed by atoms with Gasteiger partial charge in [0.05, 0.1) is 13.2 Å². The highest BCUT2D eigenvalue weighted by molar-refractivity contribution is 5.40. The van der Waals surface area contributed by atoms with Gasteiger partial charge in [-0.1, -0.05) is 45.6 Å². The summed E-state index contributed by atoms with van der Waals surface area (Å²) < 4.78 is 24.9. The van der Waals surface area contributed by atoms with Gasteiger partial charge in [0.25, 0.3) is 0 Å². The standard InChI is InChI=1S/C16H25FO2/c1-3-5-7-12-18-15-11-9-10-14(17)16(15)19-13-8-6-4-2/h9-11H,3-8,12-13H2,1-2H3. The molecule has 0 saturated carbocycles. The monoisotopic (exact) mass is 268 g/mol. The first-order valence-electron chi connectivity index (χ1n) is 7.33. The minimum Gasteiger partial charge on any atom is -0.490 e. The lowest BCUT2D eigenvalue weighted by atomic mass is 10.2. The van der Waals surface area contributed by atoms with Crippen molar-refractivity contribution in [2.24, 2.45) is 0 Å². The van der Waals surface area contributed by atoms with Crippen LogP contribution < -0.4 is 9.47 Å². The molecule has 19 heavy (non-hydrogen) atoms. The Morgan fingerprint density at radius 2 is 1.53 bits per heavy atom. The van der Waals surface area contributed by atoms with Gasteiger partial charge in [-0.15, -0.1) is 0 Å². The maximum absolute atomic E-state index is 13.7. The molecule has 108 valence electrons. The first-order valence-corrected chi connectivity index (χ1v) is 7.33. The molecule has 0 aliphatic rings. The Balaban J connectivity index is 2.51. The Hall–Kier alpha value is -1.25. The van der Waals surface area contributed by atoms with E-state index in [1.165, 1.54) is 6.07 Å². The molecule has 0 aliphatic heterocycles. The van der Waals surface area contributed by atoms with E-state index in [0.29, 0.717) is 19.0 Å². The zero-order valence-electron chi connectivity index (χ0n) is 12.1. The van der Waals surface area contributed by atoms with E-state index >= 15 is 0 Å². The second kappa shape index (κ2) is 9.65. The van der Waals surface area contributed by atoms with Gasteiger partial charge in [-0.05, 0) is 25.0 Å². The Morgan fingerprint density at radius 1 is 0.895 bits per heavy atom. The van der Waals surface area contributed by atoms with Crippen molar-refractivity contribution in [1.29, 1.82) is 0 Å². The number of rotatable bonds is 10. The van der Waals surface area contributed by atoms with Gasteiger partial charge in [-0.25, -0.2) is 4.39 Å². The molecule has 1 aromatic rings. The van der Waals surface area contributed by atoms with Crippen LogP contribution in [0.2, 0.25) is 0 Å². The topological polar surface area (TPSA) is 18.5 Å². The van der Waals surface area contributed by atoms with Gasteiger partial charge in [0.2, 0.25) is 0 Å². The van der Waals surface area contributed by atoms with Crippen LogP contribution in [0.4, 0.5) is 4.39 Å². The molecule has 0 spiro atoms. The van der Waals surface area contributed by atoms with Gasteiger partial charge in [0.15, 0.2) is 17.3 Å². The van der Waals surface area contributed by atoms with Crippen LogP contribution in [0.1, 0.15) is 52.4 Å². The molecule has 0 saturated heterocycles. The van der Waals surface area contributed by atoms with Crippen LogP contribution in [-0.2, 0) is 0 Å². The molecular formula is C16H25FO2. The Kier molecular flexibility index (Phi) is 8.03. The molecule has 0 radical (unpaired) electrons. The summed E-state index contributed by atoms with van der Waals surface area (Å²) in [7, 11) is 0. The van der Waals surface area contributed by atoms with Crippen LogP contribution in [0.5, 0.6) is 11.5 Å². The second-order valence-electron chi connectivity index (χ2n) is 4.68. The quantitative estimate of drug-likeness (QED) is 0.558. The lowest BCUT2D eigenvalue weighted by Gasteiger charge is -2.13. The van der Waals surface area contributed by atoms with Crippen molar-refractivity contribution in [3.05, 3.63) is 24.0 Å². The predicted octanol–water partition coefficient (Wildman–Crippen LogP) is 4.96. The molecule has 3 heteroatoms. The molecule has 1 rings (SSSR count). The number of hydrogen-bond donors (Lipinski definition) is 0. The fourth-order valence-corrected chi connectivity index (χ4v) is 1.80. The average Bonchev–Trinajstić information content (AvgIpc) is 2.42. The van der Waals surface area contributed by atoms with Crippen molar-refractivity contribution in [2.45, 2.75) is 52.4 Å². The fraction of sp³-hybridized carbons (Fsp3) is 0.625. The van der Waals surface area contributed by atoms with Crippen LogP contribution in [0.15, 0.2) is 18.2 Å². The highest BCUT2D eigenvalue weighted by Gasteiger charge is 2.10. The highest BCUT2D eigenvalue weighted by Crippen LogP contribution is 2.30. The van der Waals surface area contributed by atoms with Gasteiger partial charge in [-0.3, -0.25) is 0 Å². The summed E-state index contributed by atoms with van der Waals surface area (Å²) in [5, 5.41) is 0. The fourth-order valence-electron chi connectivity index (χ4n) is 1.80. The first kappa shape index (κ1) is 15.8. The third-order valence-electron chi connectivity index (χ3n) is 2.93. The molecule has 0 unspecified atom stereocenters. The molecular weight excluding hydrogens is 243 g/mol. The SMILES string of the molecule is CCCCCOc1cccc(F)c1OCCCCC. The Morgan fingerprint density at radius 3 is 2.16 bits per heavy atom. The molecule has 0 N–H and O–H groups in total. The molecule has 0 bridgehead atoms. The van der Waals surface area contributed by atoms with Crippen LogP contribution in [0, 0.1) is 5.82 Å². The van der Waals surface area contributed by atoms with Crippen molar-refractivity contribution >= 4 is 0 Å². The zero-order valence-corrected chi connectivity index (χ0v) is 12.1. The minimum atomic E-state index is -0.343. The van der Waals surface area contributed by atoms with Gasteiger partial charge in [-0.2, -0.15) is 0 Å². The zero-order chi connectivity index (χ0) is 13.9. The van der Waals surface area contributed by atoms with E-state index in [2.05, 4.69) is 13.8 Å². The van der Waals surface area contributed by atoms with E-state index in [9.17, 15) is 4.39 Å². The summed E-state index contributed by atoms with van der Waals surface area (Å²) in [5.74, 6) is 0.437. The summed E-state index contributed by atoms with van der Waals surface area (Å²) in [6.07, 6.45) is 6.43. The molecule has 0 heterocycles. The molecule has 0 amide bonds. The van der Waals surface area contributed by atoms with Gasteiger partial charge < -0.3 is 9.47 Å². The number of unbranched alkanes of at least 4 members (excludes halogenated alkanes) is 4. The normalized spacial score (nSPS) is 10.5. The molecule has 2 nitrogen and oxygen atoms in total. The van der Waals surface area contributed by atoms with Crippen molar-refractivity contribution in [1.82, 2.24) is 0 Å². The molecule has 0 aliphatic carbocycles. The van der Waals surface area contributed by atoms with Crippen LogP contribution in [-0.4, -0.2) is 13.2 Å². The van der Waals surface area contributed by atoms with E-state index < -0.39 is 0 Å². The van der Waals surface area contributed by atoms with Crippen molar-refractivity contribution in [3.8, 4) is 11.5 Å². The lowest BCUT2D eigenvalue weighted by molar-refractivity contribution is 0.249. The molecule has 0 aromatic heterocycles. The molecule has 0 fully saturated rings. The molecule has 0 atom stereocenters. The Bertz CT molecular complexity index is 353. The third-order valence-corrected chi connectivity index (χ3v) is 2.93. The number of halogens is 1. The molecule has 1 aromatic carbocycles. The summed E-state index contributed by atoms with van der Waals surface area (Å²) >= 11 is 0. The van der Waals surface area contributed by atoms with Crippen molar-refractivity contribution in [3.63, 3.8) is 0 Å². The predicted molar refractivity (Wildman–Crippen MR) is 76.4 cm³/mol. The van der Waals surface area contributed by atoms with Gasteiger partial charge in [0.1, 0.15) is 0 Å². The van der Waals surface area contributed by atoms with Gasteiger partial charge in [0, 0.05) is 0 Å². The Labute approximate surface area is 115 Å². The third kappa shape index (κ3) is 5.95. The summed E-state index contributed by atoms with van der Waals surface area (Å²) in [6.45, 7) is 5.43. The van der Waals surface area contributed by atoms with Crippen molar-refractivity contribution < 1.29 is 13.9 Å². The maximum atomic E-state index is 13.7. The van der Waals surface area contributed by atoms with E-state index in [0.717, 1.165) is 38.5 Å². The first-order chi connectivity index (χ1) is 9.29. The number of hydrogen-bond acceptors (Lipinski definition) is 2. The summed E-state index contributed by atoms with van der Waals surface area (Å²) in [6, 6.07) is 4.83. The van der Waals surface area contributed by atoms with Crippen molar-refractivity contribution in [2.75, 3.05) is 13.2 Å². The lowest BCUT2D eigenvalue weighted by Crippen LogP contribution is -2.04.